The number of benzene rings is 1. The van der Waals surface area contributed by atoms with Gasteiger partial charge < -0.3 is 5.32 Å². The molecule has 1 heterocycles. The quantitative estimate of drug-likeness (QED) is 0.668. The second kappa shape index (κ2) is 8.66. The van der Waals surface area contributed by atoms with Gasteiger partial charge in [-0.05, 0) is 31.0 Å². The lowest BCUT2D eigenvalue weighted by atomic mass is 10.1. The lowest BCUT2D eigenvalue weighted by molar-refractivity contribution is 0.674. The van der Waals surface area contributed by atoms with Crippen LogP contribution in [-0.2, 0) is 19.4 Å². The van der Waals surface area contributed by atoms with Crippen molar-refractivity contribution in [2.45, 2.75) is 46.1 Å². The zero-order valence-corrected chi connectivity index (χ0v) is 15.2. The first-order valence-electron chi connectivity index (χ1n) is 7.66. The minimum absolute atomic E-state index is 0.913. The van der Waals surface area contributed by atoms with Crippen LogP contribution in [0.1, 0.15) is 47.8 Å². The van der Waals surface area contributed by atoms with Gasteiger partial charge >= 0.3 is 0 Å². The molecule has 0 saturated heterocycles. The summed E-state index contributed by atoms with van der Waals surface area (Å²) in [6.45, 7) is 6.45. The van der Waals surface area contributed by atoms with Crippen LogP contribution in [0.2, 0.25) is 0 Å². The Morgan fingerprint density at radius 3 is 2.71 bits per heavy atom. The van der Waals surface area contributed by atoms with Crippen molar-refractivity contribution >= 4 is 27.3 Å². The molecular formula is C17H23BrN2S. The van der Waals surface area contributed by atoms with E-state index in [2.05, 4.69) is 59.4 Å². The van der Waals surface area contributed by atoms with Crippen LogP contribution >= 0.6 is 27.3 Å². The number of nitrogens with zero attached hydrogens (tertiary/aromatic N) is 1. The van der Waals surface area contributed by atoms with Gasteiger partial charge in [0.2, 0.25) is 0 Å². The number of aromatic nitrogens is 1. The monoisotopic (exact) mass is 366 g/mol. The lowest BCUT2D eigenvalue weighted by Gasteiger charge is -2.02. The zero-order chi connectivity index (χ0) is 15.1. The molecule has 0 amide bonds. The van der Waals surface area contributed by atoms with Gasteiger partial charge in [0.05, 0.1) is 10.7 Å². The van der Waals surface area contributed by atoms with Gasteiger partial charge in [-0.15, -0.1) is 11.3 Å². The molecule has 0 radical (unpaired) electrons. The first-order chi connectivity index (χ1) is 10.2. The summed E-state index contributed by atoms with van der Waals surface area (Å²) >= 11 is 5.48. The first-order valence-corrected chi connectivity index (χ1v) is 9.27. The number of nitrogens with one attached hydrogen (secondary N) is 1. The highest BCUT2D eigenvalue weighted by Gasteiger charge is 2.11. The van der Waals surface area contributed by atoms with E-state index in [-0.39, 0.29) is 0 Å². The van der Waals surface area contributed by atoms with Gasteiger partial charge in [-0.1, -0.05) is 54.4 Å². The van der Waals surface area contributed by atoms with Crippen LogP contribution in [0.25, 0.3) is 0 Å². The van der Waals surface area contributed by atoms with Gasteiger partial charge in [0, 0.05) is 22.3 Å². The Balaban J connectivity index is 2.12. The number of aryl methyl sites for hydroxylation is 1. The van der Waals surface area contributed by atoms with Crippen LogP contribution in [0, 0.1) is 0 Å². The van der Waals surface area contributed by atoms with Crippen LogP contribution < -0.4 is 5.32 Å². The molecule has 0 fully saturated rings. The summed E-state index contributed by atoms with van der Waals surface area (Å²) in [5, 5.41) is 4.72. The SMILES string of the molecule is CCCNCc1sc(Cc2ccccc2Br)nc1CCC. The average molecular weight is 367 g/mol. The Hall–Kier alpha value is -0.710. The Morgan fingerprint density at radius 2 is 2.00 bits per heavy atom. The fraction of sp³-hybridized carbons (Fsp3) is 0.471. The van der Waals surface area contributed by atoms with Crippen molar-refractivity contribution in [1.82, 2.24) is 10.3 Å². The highest BCUT2D eigenvalue weighted by atomic mass is 79.9. The smallest absolute Gasteiger partial charge is 0.0975 e. The normalized spacial score (nSPS) is 11.0. The molecule has 0 aliphatic rings. The van der Waals surface area contributed by atoms with Gasteiger partial charge in [0.15, 0.2) is 0 Å². The number of hydrogen-bond donors (Lipinski definition) is 1. The number of thiazole rings is 1. The van der Waals surface area contributed by atoms with Crippen molar-refractivity contribution < 1.29 is 0 Å². The van der Waals surface area contributed by atoms with Crippen molar-refractivity contribution in [3.05, 3.63) is 49.9 Å². The second-order valence-corrected chi connectivity index (χ2v) is 7.19. The van der Waals surface area contributed by atoms with E-state index in [4.69, 9.17) is 4.98 Å². The summed E-state index contributed by atoms with van der Waals surface area (Å²) in [5.41, 5.74) is 2.59. The van der Waals surface area contributed by atoms with Crippen LogP contribution in [-0.4, -0.2) is 11.5 Å². The summed E-state index contributed by atoms with van der Waals surface area (Å²) in [5.74, 6) is 0. The van der Waals surface area contributed by atoms with Crippen molar-refractivity contribution in [3.8, 4) is 0 Å². The van der Waals surface area contributed by atoms with Crippen molar-refractivity contribution in [1.29, 1.82) is 0 Å². The standard InChI is InChI=1S/C17H23BrN2S/c1-3-7-15-16(12-19-10-4-2)21-17(20-15)11-13-8-5-6-9-14(13)18/h5-6,8-9,19H,3-4,7,10-12H2,1-2H3. The summed E-state index contributed by atoms with van der Waals surface area (Å²) in [6.07, 6.45) is 4.32. The van der Waals surface area contributed by atoms with E-state index in [1.807, 2.05) is 11.3 Å². The summed E-state index contributed by atoms with van der Waals surface area (Å²) in [4.78, 5) is 6.28. The molecule has 114 valence electrons. The predicted molar refractivity (Wildman–Crippen MR) is 95.1 cm³/mol. The van der Waals surface area contributed by atoms with Gasteiger partial charge in [0.25, 0.3) is 0 Å². The minimum atomic E-state index is 0.913. The van der Waals surface area contributed by atoms with Crippen LogP contribution in [0.4, 0.5) is 0 Å². The van der Waals surface area contributed by atoms with Crippen LogP contribution in [0.15, 0.2) is 28.7 Å². The number of halogens is 1. The van der Waals surface area contributed by atoms with E-state index in [9.17, 15) is 0 Å². The van der Waals surface area contributed by atoms with Gasteiger partial charge in [-0.3, -0.25) is 0 Å². The van der Waals surface area contributed by atoms with E-state index >= 15 is 0 Å². The second-order valence-electron chi connectivity index (χ2n) is 5.17. The molecule has 0 bridgehead atoms. The van der Waals surface area contributed by atoms with E-state index in [1.54, 1.807) is 0 Å². The number of hydrogen-bond acceptors (Lipinski definition) is 3. The molecule has 2 nitrogen and oxygen atoms in total. The first kappa shape index (κ1) is 16.7. The van der Waals surface area contributed by atoms with E-state index < -0.39 is 0 Å². The topological polar surface area (TPSA) is 24.9 Å². The third kappa shape index (κ3) is 4.90. The molecule has 1 aromatic heterocycles. The molecule has 21 heavy (non-hydrogen) atoms. The Morgan fingerprint density at radius 1 is 1.19 bits per heavy atom. The molecular weight excluding hydrogens is 344 g/mol. The molecule has 0 aliphatic carbocycles. The fourth-order valence-electron chi connectivity index (χ4n) is 2.27. The predicted octanol–water partition coefficient (Wildman–Crippen LogP) is 4.95. The van der Waals surface area contributed by atoms with Crippen LogP contribution in [0.5, 0.6) is 0 Å². The van der Waals surface area contributed by atoms with Crippen molar-refractivity contribution in [3.63, 3.8) is 0 Å². The maximum atomic E-state index is 4.87. The third-order valence-corrected chi connectivity index (χ3v) is 5.19. The molecule has 0 aliphatic heterocycles. The van der Waals surface area contributed by atoms with Crippen LogP contribution in [0.3, 0.4) is 0 Å². The highest BCUT2D eigenvalue weighted by molar-refractivity contribution is 9.10. The largest absolute Gasteiger partial charge is 0.312 e. The lowest BCUT2D eigenvalue weighted by Crippen LogP contribution is -2.13. The molecule has 0 atom stereocenters. The maximum Gasteiger partial charge on any atom is 0.0975 e. The highest BCUT2D eigenvalue weighted by Crippen LogP contribution is 2.25. The molecule has 2 aromatic rings. The van der Waals surface area contributed by atoms with E-state index in [0.717, 1.165) is 32.4 Å². The summed E-state index contributed by atoms with van der Waals surface area (Å²) < 4.78 is 1.17. The minimum Gasteiger partial charge on any atom is -0.312 e. The Labute approximate surface area is 140 Å². The molecule has 1 N–H and O–H groups in total. The molecule has 0 unspecified atom stereocenters. The molecule has 0 saturated carbocycles. The summed E-state index contributed by atoms with van der Waals surface area (Å²) in [6, 6.07) is 8.40. The van der Waals surface area contributed by atoms with Crippen molar-refractivity contribution in [2.75, 3.05) is 6.54 Å². The Kier molecular flexibility index (Phi) is 6.87. The van der Waals surface area contributed by atoms with Gasteiger partial charge in [0.1, 0.15) is 0 Å². The average Bonchev–Trinajstić information content (AvgIpc) is 2.84. The molecule has 4 heteroatoms. The molecule has 0 spiro atoms. The third-order valence-electron chi connectivity index (χ3n) is 3.32. The molecule has 2 rings (SSSR count). The molecule has 1 aromatic carbocycles. The zero-order valence-electron chi connectivity index (χ0n) is 12.8. The summed E-state index contributed by atoms with van der Waals surface area (Å²) in [7, 11) is 0. The fourth-order valence-corrected chi connectivity index (χ4v) is 3.80. The maximum absolute atomic E-state index is 4.87. The van der Waals surface area contributed by atoms with E-state index in [0.29, 0.717) is 0 Å². The number of rotatable bonds is 8. The van der Waals surface area contributed by atoms with Gasteiger partial charge in [-0.25, -0.2) is 4.98 Å². The van der Waals surface area contributed by atoms with Crippen molar-refractivity contribution in [2.24, 2.45) is 0 Å². The van der Waals surface area contributed by atoms with Gasteiger partial charge in [-0.2, -0.15) is 0 Å². The van der Waals surface area contributed by atoms with E-state index in [1.165, 1.54) is 32.0 Å². The Bertz CT molecular complexity index is 566.